The maximum absolute atomic E-state index is 10.9. The predicted octanol–water partition coefficient (Wildman–Crippen LogP) is 2.07. The molecule has 0 aliphatic carbocycles. The van der Waals surface area contributed by atoms with Gasteiger partial charge in [0, 0.05) is 11.8 Å². The number of esters is 1. The summed E-state index contributed by atoms with van der Waals surface area (Å²) in [6.45, 7) is 3.92. The SMILES string of the molecule is COC(=O)C=Cc1c(C)cc(N)cc1C. The minimum atomic E-state index is -0.356. The van der Waals surface area contributed by atoms with E-state index in [1.54, 1.807) is 6.08 Å². The van der Waals surface area contributed by atoms with Crippen molar-refractivity contribution in [2.24, 2.45) is 0 Å². The largest absolute Gasteiger partial charge is 0.466 e. The van der Waals surface area contributed by atoms with Gasteiger partial charge in [0.1, 0.15) is 0 Å². The van der Waals surface area contributed by atoms with Crippen molar-refractivity contribution in [3.8, 4) is 0 Å². The van der Waals surface area contributed by atoms with Crippen molar-refractivity contribution < 1.29 is 9.53 Å². The first-order valence-electron chi connectivity index (χ1n) is 4.67. The molecule has 0 amide bonds. The first-order chi connectivity index (χ1) is 7.04. The fourth-order valence-corrected chi connectivity index (χ4v) is 1.49. The lowest BCUT2D eigenvalue weighted by molar-refractivity contribution is -0.134. The normalized spacial score (nSPS) is 10.6. The van der Waals surface area contributed by atoms with Crippen molar-refractivity contribution in [1.29, 1.82) is 0 Å². The Hall–Kier alpha value is -1.77. The van der Waals surface area contributed by atoms with Crippen LogP contribution in [0.25, 0.3) is 6.08 Å². The van der Waals surface area contributed by atoms with Crippen LogP contribution in [0.4, 0.5) is 5.69 Å². The summed E-state index contributed by atoms with van der Waals surface area (Å²) in [5.74, 6) is -0.356. The fraction of sp³-hybridized carbons (Fsp3) is 0.250. The molecule has 0 heterocycles. The highest BCUT2D eigenvalue weighted by atomic mass is 16.5. The first-order valence-corrected chi connectivity index (χ1v) is 4.67. The molecule has 15 heavy (non-hydrogen) atoms. The highest BCUT2D eigenvalue weighted by Gasteiger charge is 2.01. The molecule has 0 aliphatic heterocycles. The van der Waals surface area contributed by atoms with Crippen LogP contribution < -0.4 is 5.73 Å². The molecule has 1 aromatic rings. The fourth-order valence-electron chi connectivity index (χ4n) is 1.49. The van der Waals surface area contributed by atoms with E-state index in [2.05, 4.69) is 4.74 Å². The molecular formula is C12H15NO2. The topological polar surface area (TPSA) is 52.3 Å². The molecule has 0 saturated carbocycles. The molecule has 0 aliphatic rings. The van der Waals surface area contributed by atoms with Crippen LogP contribution in [0, 0.1) is 13.8 Å². The monoisotopic (exact) mass is 205 g/mol. The zero-order valence-corrected chi connectivity index (χ0v) is 9.20. The van der Waals surface area contributed by atoms with Crippen LogP contribution >= 0.6 is 0 Å². The van der Waals surface area contributed by atoms with Gasteiger partial charge in [-0.25, -0.2) is 4.79 Å². The highest BCUT2D eigenvalue weighted by molar-refractivity contribution is 5.87. The summed E-state index contributed by atoms with van der Waals surface area (Å²) < 4.78 is 4.52. The van der Waals surface area contributed by atoms with E-state index in [4.69, 9.17) is 5.73 Å². The van der Waals surface area contributed by atoms with Crippen LogP contribution in [0.15, 0.2) is 18.2 Å². The summed E-state index contributed by atoms with van der Waals surface area (Å²) >= 11 is 0. The lowest BCUT2D eigenvalue weighted by atomic mass is 10.0. The molecular weight excluding hydrogens is 190 g/mol. The number of anilines is 1. The minimum Gasteiger partial charge on any atom is -0.466 e. The maximum atomic E-state index is 10.9. The second kappa shape index (κ2) is 4.64. The van der Waals surface area contributed by atoms with Crippen LogP contribution in [0.2, 0.25) is 0 Å². The van der Waals surface area contributed by atoms with Crippen LogP contribution in [0.1, 0.15) is 16.7 Å². The number of carbonyl (C=O) groups excluding carboxylic acids is 1. The number of benzene rings is 1. The van der Waals surface area contributed by atoms with Crippen molar-refractivity contribution in [3.63, 3.8) is 0 Å². The summed E-state index contributed by atoms with van der Waals surface area (Å²) in [5, 5.41) is 0. The number of carbonyl (C=O) groups is 1. The van der Waals surface area contributed by atoms with Gasteiger partial charge in [-0.15, -0.1) is 0 Å². The number of nitrogens with two attached hydrogens (primary N) is 1. The molecule has 0 fully saturated rings. The Morgan fingerprint density at radius 2 is 1.87 bits per heavy atom. The van der Waals surface area contributed by atoms with Crippen molar-refractivity contribution >= 4 is 17.7 Å². The molecule has 0 bridgehead atoms. The lowest BCUT2D eigenvalue weighted by Gasteiger charge is -2.06. The van der Waals surface area contributed by atoms with Gasteiger partial charge >= 0.3 is 5.97 Å². The third kappa shape index (κ3) is 2.84. The number of aryl methyl sites for hydroxylation is 2. The maximum Gasteiger partial charge on any atom is 0.330 e. The van der Waals surface area contributed by atoms with Gasteiger partial charge in [0.2, 0.25) is 0 Å². The number of nitrogen functional groups attached to an aromatic ring is 1. The molecule has 3 nitrogen and oxygen atoms in total. The molecule has 0 atom stereocenters. The summed E-state index contributed by atoms with van der Waals surface area (Å²) in [5.41, 5.74) is 9.54. The summed E-state index contributed by atoms with van der Waals surface area (Å²) in [6.07, 6.45) is 3.15. The Morgan fingerprint density at radius 3 is 2.33 bits per heavy atom. The Labute approximate surface area is 89.5 Å². The Bertz CT molecular complexity index is 385. The van der Waals surface area contributed by atoms with Crippen LogP contribution in [-0.4, -0.2) is 13.1 Å². The molecule has 80 valence electrons. The lowest BCUT2D eigenvalue weighted by Crippen LogP contribution is -1.95. The van der Waals surface area contributed by atoms with E-state index in [0.717, 1.165) is 22.4 Å². The molecule has 0 unspecified atom stereocenters. The number of rotatable bonds is 2. The number of hydrogen-bond acceptors (Lipinski definition) is 3. The van der Waals surface area contributed by atoms with E-state index >= 15 is 0 Å². The van der Waals surface area contributed by atoms with Gasteiger partial charge < -0.3 is 10.5 Å². The Kier molecular flexibility index (Phi) is 3.50. The van der Waals surface area contributed by atoms with Gasteiger partial charge in [-0.3, -0.25) is 0 Å². The van der Waals surface area contributed by atoms with Crippen molar-refractivity contribution in [3.05, 3.63) is 34.9 Å². The van der Waals surface area contributed by atoms with E-state index < -0.39 is 0 Å². The third-order valence-corrected chi connectivity index (χ3v) is 2.20. The van der Waals surface area contributed by atoms with Gasteiger partial charge in [0.15, 0.2) is 0 Å². The van der Waals surface area contributed by atoms with Gasteiger partial charge in [0.05, 0.1) is 7.11 Å². The summed E-state index contributed by atoms with van der Waals surface area (Å²) in [7, 11) is 1.36. The molecule has 3 heteroatoms. The van der Waals surface area contributed by atoms with Gasteiger partial charge in [-0.1, -0.05) is 0 Å². The van der Waals surface area contributed by atoms with E-state index in [0.29, 0.717) is 0 Å². The second-order valence-corrected chi connectivity index (χ2v) is 3.42. The first kappa shape index (κ1) is 11.3. The number of hydrogen-bond donors (Lipinski definition) is 1. The summed E-state index contributed by atoms with van der Waals surface area (Å²) in [6, 6.07) is 3.76. The van der Waals surface area contributed by atoms with Gasteiger partial charge in [-0.05, 0) is 48.7 Å². The van der Waals surface area contributed by atoms with Crippen LogP contribution in [0.5, 0.6) is 0 Å². The smallest absolute Gasteiger partial charge is 0.330 e. The zero-order chi connectivity index (χ0) is 11.4. The Morgan fingerprint density at radius 1 is 1.33 bits per heavy atom. The molecule has 1 aromatic carbocycles. The van der Waals surface area contributed by atoms with E-state index in [-0.39, 0.29) is 5.97 Å². The van der Waals surface area contributed by atoms with E-state index in [9.17, 15) is 4.79 Å². The van der Waals surface area contributed by atoms with Crippen molar-refractivity contribution in [2.75, 3.05) is 12.8 Å². The zero-order valence-electron chi connectivity index (χ0n) is 9.20. The average Bonchev–Trinajstić information content (AvgIpc) is 2.15. The van der Waals surface area contributed by atoms with Gasteiger partial charge in [0.25, 0.3) is 0 Å². The minimum absolute atomic E-state index is 0.356. The molecule has 0 saturated heterocycles. The molecule has 2 N–H and O–H groups in total. The predicted molar refractivity (Wildman–Crippen MR) is 61.4 cm³/mol. The molecule has 1 rings (SSSR count). The number of methoxy groups -OCH3 is 1. The van der Waals surface area contributed by atoms with Crippen LogP contribution in [0.3, 0.4) is 0 Å². The quantitative estimate of drug-likeness (QED) is 0.457. The standard InChI is InChI=1S/C12H15NO2/c1-8-6-10(13)7-9(2)11(8)4-5-12(14)15-3/h4-7H,13H2,1-3H3. The molecule has 0 radical (unpaired) electrons. The van der Waals surface area contributed by atoms with E-state index in [1.165, 1.54) is 13.2 Å². The Balaban J connectivity index is 3.05. The third-order valence-electron chi connectivity index (χ3n) is 2.20. The second-order valence-electron chi connectivity index (χ2n) is 3.42. The summed E-state index contributed by atoms with van der Waals surface area (Å²) in [4.78, 5) is 10.9. The average molecular weight is 205 g/mol. The van der Waals surface area contributed by atoms with Crippen molar-refractivity contribution in [1.82, 2.24) is 0 Å². The van der Waals surface area contributed by atoms with Gasteiger partial charge in [-0.2, -0.15) is 0 Å². The van der Waals surface area contributed by atoms with Crippen molar-refractivity contribution in [2.45, 2.75) is 13.8 Å². The molecule has 0 spiro atoms. The molecule has 0 aromatic heterocycles. The van der Waals surface area contributed by atoms with Crippen LogP contribution in [-0.2, 0) is 9.53 Å². The highest BCUT2D eigenvalue weighted by Crippen LogP contribution is 2.19. The number of ether oxygens (including phenoxy) is 1. The van der Waals surface area contributed by atoms with E-state index in [1.807, 2.05) is 26.0 Å².